The number of likely N-dealkylation sites (tertiary alicyclic amines) is 1. The van der Waals surface area contributed by atoms with Crippen LogP contribution < -0.4 is 0 Å². The van der Waals surface area contributed by atoms with Gasteiger partial charge in [0.15, 0.2) is 0 Å². The van der Waals surface area contributed by atoms with E-state index in [1.165, 1.54) is 18.9 Å². The third-order valence-corrected chi connectivity index (χ3v) is 3.35. The number of hydrogen-bond acceptors (Lipinski definition) is 2. The average Bonchev–Trinajstić information content (AvgIpc) is 2.72. The lowest BCUT2D eigenvalue weighted by Gasteiger charge is -2.21. The predicted molar refractivity (Wildman–Crippen MR) is 69.5 cm³/mol. The number of aliphatic hydroxyl groups is 1. The zero-order valence-corrected chi connectivity index (χ0v) is 10.6. The van der Waals surface area contributed by atoms with Crippen molar-refractivity contribution in [2.24, 2.45) is 0 Å². The molecule has 0 amide bonds. The van der Waals surface area contributed by atoms with Gasteiger partial charge in [-0.15, -0.1) is 0 Å². The van der Waals surface area contributed by atoms with Gasteiger partial charge < -0.3 is 5.11 Å². The lowest BCUT2D eigenvalue weighted by Crippen LogP contribution is -2.26. The molecule has 96 valence electrons. The Labute approximate surface area is 107 Å². The summed E-state index contributed by atoms with van der Waals surface area (Å²) in [7, 11) is 0. The second-order valence-electron chi connectivity index (χ2n) is 4.77. The third kappa shape index (κ3) is 3.32. The van der Waals surface area contributed by atoms with Crippen LogP contribution in [0.1, 0.15) is 30.9 Å². The van der Waals surface area contributed by atoms with Crippen LogP contribution in [0.25, 0.3) is 0 Å². The fraction of sp³-hybridized carbons (Fsp3) is 0.467. The number of benzene rings is 1. The second kappa shape index (κ2) is 5.99. The minimum absolute atomic E-state index is 0.199. The standard InChI is InChI=1S/C15H18FNO/c1-12-4-2-6-17(12)11-14-8-13(5-3-7-18)9-15(16)10-14/h8-10,12,18H,2,4,6-7,11H2,1H3. The molecule has 3 heteroatoms. The van der Waals surface area contributed by atoms with E-state index >= 15 is 0 Å². The molecule has 1 aliphatic heterocycles. The Hall–Kier alpha value is -1.37. The first-order chi connectivity index (χ1) is 8.69. The maximum atomic E-state index is 13.5. The Morgan fingerprint density at radius 1 is 1.44 bits per heavy atom. The Balaban J connectivity index is 2.14. The summed E-state index contributed by atoms with van der Waals surface area (Å²) in [4.78, 5) is 2.36. The molecule has 0 bridgehead atoms. The maximum absolute atomic E-state index is 13.5. The molecule has 0 spiro atoms. The van der Waals surface area contributed by atoms with Crippen LogP contribution in [0.15, 0.2) is 18.2 Å². The fourth-order valence-electron chi connectivity index (χ4n) is 2.42. The summed E-state index contributed by atoms with van der Waals surface area (Å²) in [6.45, 7) is 3.86. The van der Waals surface area contributed by atoms with Crippen LogP contribution in [0, 0.1) is 17.7 Å². The Morgan fingerprint density at radius 2 is 2.28 bits per heavy atom. The molecule has 1 saturated heterocycles. The number of aliphatic hydroxyl groups excluding tert-OH is 1. The van der Waals surface area contributed by atoms with Crippen molar-refractivity contribution in [2.75, 3.05) is 13.2 Å². The van der Waals surface area contributed by atoms with Gasteiger partial charge in [0.2, 0.25) is 0 Å². The van der Waals surface area contributed by atoms with Crippen molar-refractivity contribution in [3.63, 3.8) is 0 Å². The van der Waals surface area contributed by atoms with E-state index in [0.717, 1.165) is 18.7 Å². The molecule has 1 aromatic carbocycles. The quantitative estimate of drug-likeness (QED) is 0.809. The molecule has 0 aromatic heterocycles. The zero-order valence-electron chi connectivity index (χ0n) is 10.6. The molecule has 1 atom stereocenters. The molecule has 1 N–H and O–H groups in total. The van der Waals surface area contributed by atoms with Crippen LogP contribution >= 0.6 is 0 Å². The Kier molecular flexibility index (Phi) is 4.35. The molecule has 0 saturated carbocycles. The van der Waals surface area contributed by atoms with Crippen LogP contribution in [0.3, 0.4) is 0 Å². The molecule has 0 aliphatic carbocycles. The van der Waals surface area contributed by atoms with Crippen LogP contribution in [0.2, 0.25) is 0 Å². The number of rotatable bonds is 2. The summed E-state index contributed by atoms with van der Waals surface area (Å²) >= 11 is 0. The fourth-order valence-corrected chi connectivity index (χ4v) is 2.42. The SMILES string of the molecule is CC1CCCN1Cc1cc(F)cc(C#CCO)c1. The summed E-state index contributed by atoms with van der Waals surface area (Å²) in [6, 6.07) is 5.44. The Morgan fingerprint density at radius 3 is 2.94 bits per heavy atom. The molecule has 1 aromatic rings. The predicted octanol–water partition coefficient (Wildman–Crippen LogP) is 2.15. The molecular formula is C15H18FNO. The first kappa shape index (κ1) is 13.1. The van der Waals surface area contributed by atoms with E-state index in [1.54, 1.807) is 6.07 Å². The van der Waals surface area contributed by atoms with Crippen molar-refractivity contribution in [1.82, 2.24) is 4.90 Å². The highest BCUT2D eigenvalue weighted by Crippen LogP contribution is 2.20. The molecule has 2 nitrogen and oxygen atoms in total. The maximum Gasteiger partial charge on any atom is 0.124 e. The molecule has 1 fully saturated rings. The van der Waals surface area contributed by atoms with Gasteiger partial charge >= 0.3 is 0 Å². The number of nitrogens with zero attached hydrogens (tertiary/aromatic N) is 1. The first-order valence-electron chi connectivity index (χ1n) is 6.32. The molecule has 18 heavy (non-hydrogen) atoms. The minimum atomic E-state index is -0.262. The van der Waals surface area contributed by atoms with E-state index in [0.29, 0.717) is 11.6 Å². The zero-order chi connectivity index (χ0) is 13.0. The number of hydrogen-bond donors (Lipinski definition) is 1. The van der Waals surface area contributed by atoms with E-state index in [2.05, 4.69) is 23.7 Å². The van der Waals surface area contributed by atoms with Gasteiger partial charge in [-0.2, -0.15) is 0 Å². The van der Waals surface area contributed by atoms with Crippen LogP contribution in [-0.2, 0) is 6.54 Å². The minimum Gasteiger partial charge on any atom is -0.384 e. The highest BCUT2D eigenvalue weighted by molar-refractivity contribution is 5.37. The second-order valence-corrected chi connectivity index (χ2v) is 4.77. The van der Waals surface area contributed by atoms with Gasteiger partial charge in [-0.1, -0.05) is 11.8 Å². The topological polar surface area (TPSA) is 23.5 Å². The van der Waals surface area contributed by atoms with Crippen LogP contribution in [0.5, 0.6) is 0 Å². The highest BCUT2D eigenvalue weighted by atomic mass is 19.1. The average molecular weight is 247 g/mol. The van der Waals surface area contributed by atoms with Gasteiger partial charge in [0.25, 0.3) is 0 Å². The summed E-state index contributed by atoms with van der Waals surface area (Å²) in [5.41, 5.74) is 1.58. The monoisotopic (exact) mass is 247 g/mol. The van der Waals surface area contributed by atoms with Gasteiger partial charge in [-0.25, -0.2) is 4.39 Å². The van der Waals surface area contributed by atoms with Crippen molar-refractivity contribution in [2.45, 2.75) is 32.4 Å². The van der Waals surface area contributed by atoms with Crippen LogP contribution in [-0.4, -0.2) is 29.2 Å². The van der Waals surface area contributed by atoms with E-state index in [1.807, 2.05) is 6.07 Å². The lowest BCUT2D eigenvalue weighted by molar-refractivity contribution is 0.260. The van der Waals surface area contributed by atoms with Gasteiger partial charge in [0.1, 0.15) is 12.4 Å². The molecular weight excluding hydrogens is 229 g/mol. The van der Waals surface area contributed by atoms with Gasteiger partial charge in [-0.3, -0.25) is 4.90 Å². The number of halogens is 1. The van der Waals surface area contributed by atoms with Gasteiger partial charge in [-0.05, 0) is 50.1 Å². The van der Waals surface area contributed by atoms with Crippen LogP contribution in [0.4, 0.5) is 4.39 Å². The molecule has 2 rings (SSSR count). The Bertz CT molecular complexity index is 475. The van der Waals surface area contributed by atoms with Crippen molar-refractivity contribution in [1.29, 1.82) is 0 Å². The summed E-state index contributed by atoms with van der Waals surface area (Å²) < 4.78 is 13.5. The normalized spacial score (nSPS) is 19.6. The third-order valence-electron chi connectivity index (χ3n) is 3.35. The summed E-state index contributed by atoms with van der Waals surface area (Å²) in [5, 5.41) is 8.66. The molecule has 1 aliphatic rings. The first-order valence-corrected chi connectivity index (χ1v) is 6.32. The van der Waals surface area contributed by atoms with Crippen molar-refractivity contribution >= 4 is 0 Å². The smallest absolute Gasteiger partial charge is 0.124 e. The van der Waals surface area contributed by atoms with E-state index in [9.17, 15) is 4.39 Å². The van der Waals surface area contributed by atoms with Crippen molar-refractivity contribution in [3.05, 3.63) is 35.1 Å². The summed E-state index contributed by atoms with van der Waals surface area (Å²) in [5.74, 6) is 5.04. The van der Waals surface area contributed by atoms with E-state index < -0.39 is 0 Å². The van der Waals surface area contributed by atoms with Gasteiger partial charge in [0.05, 0.1) is 0 Å². The lowest BCUT2D eigenvalue weighted by atomic mass is 10.1. The van der Waals surface area contributed by atoms with E-state index in [4.69, 9.17) is 5.11 Å². The molecule has 1 unspecified atom stereocenters. The highest BCUT2D eigenvalue weighted by Gasteiger charge is 2.20. The van der Waals surface area contributed by atoms with Gasteiger partial charge in [0, 0.05) is 18.2 Å². The molecule has 0 radical (unpaired) electrons. The van der Waals surface area contributed by atoms with Crippen molar-refractivity contribution in [3.8, 4) is 11.8 Å². The molecule has 1 heterocycles. The van der Waals surface area contributed by atoms with Crippen molar-refractivity contribution < 1.29 is 9.50 Å². The van der Waals surface area contributed by atoms with E-state index in [-0.39, 0.29) is 12.4 Å². The largest absolute Gasteiger partial charge is 0.384 e. The summed E-state index contributed by atoms with van der Waals surface area (Å²) in [6.07, 6.45) is 2.43.